The number of amides is 3. The number of imide groups is 1. The maximum Gasteiger partial charge on any atom is 0.321 e. The molecule has 3 amide bonds. The van der Waals surface area contributed by atoms with Gasteiger partial charge < -0.3 is 10.6 Å². The molecule has 1 aliphatic heterocycles. The van der Waals surface area contributed by atoms with Crippen molar-refractivity contribution in [3.05, 3.63) is 0 Å². The van der Waals surface area contributed by atoms with Crippen LogP contribution in [0.15, 0.2) is 0 Å². The molecule has 1 rings (SSSR count). The van der Waals surface area contributed by atoms with Gasteiger partial charge in [0, 0.05) is 19.1 Å². The highest BCUT2D eigenvalue weighted by molar-refractivity contribution is 5.96. The van der Waals surface area contributed by atoms with Crippen molar-refractivity contribution in [2.45, 2.75) is 45.7 Å². The number of likely N-dealkylation sites (N-methyl/N-ethyl adjacent to an activating group) is 1. The van der Waals surface area contributed by atoms with Gasteiger partial charge in [0.25, 0.3) is 0 Å². The molecule has 0 aromatic carbocycles. The Hall–Kier alpha value is -0.850. The number of carbonyl (C=O) groups is 2. The number of halogens is 1. The molecule has 0 aromatic heterocycles. The van der Waals surface area contributed by atoms with Gasteiger partial charge in [0.2, 0.25) is 5.91 Å². The standard InChI is InChI=1S/C14H28N4O2.ClH/c1-10(2)8-16-14(20)17-13(19)11(3)18-7-5-6-12(9-18)15-4;/h10-12,15H,5-9H2,1-4H3,(H2,16,17,19,20);1H. The highest BCUT2D eigenvalue weighted by Gasteiger charge is 2.27. The second-order valence-corrected chi connectivity index (χ2v) is 5.89. The molecule has 1 fully saturated rings. The third kappa shape index (κ3) is 7.11. The van der Waals surface area contributed by atoms with Gasteiger partial charge in [-0.25, -0.2) is 4.79 Å². The van der Waals surface area contributed by atoms with Crippen LogP contribution in [0, 0.1) is 5.92 Å². The first kappa shape index (κ1) is 20.1. The third-order valence-corrected chi connectivity index (χ3v) is 3.70. The maximum absolute atomic E-state index is 12.1. The largest absolute Gasteiger partial charge is 0.338 e. The molecule has 2 atom stereocenters. The molecule has 1 aliphatic rings. The molecule has 0 saturated carbocycles. The van der Waals surface area contributed by atoms with Gasteiger partial charge in [-0.15, -0.1) is 12.4 Å². The van der Waals surface area contributed by atoms with E-state index in [0.29, 0.717) is 18.5 Å². The van der Waals surface area contributed by atoms with E-state index in [4.69, 9.17) is 0 Å². The maximum atomic E-state index is 12.1. The van der Waals surface area contributed by atoms with E-state index in [1.807, 2.05) is 27.8 Å². The number of nitrogens with one attached hydrogen (secondary N) is 3. The summed E-state index contributed by atoms with van der Waals surface area (Å²) in [4.78, 5) is 25.8. The SMILES string of the molecule is CNC1CCCN(C(C)C(=O)NC(=O)NCC(C)C)C1.Cl. The van der Waals surface area contributed by atoms with Crippen molar-refractivity contribution >= 4 is 24.3 Å². The van der Waals surface area contributed by atoms with Crippen molar-refractivity contribution in [3.8, 4) is 0 Å². The predicted molar refractivity (Wildman–Crippen MR) is 86.7 cm³/mol. The number of urea groups is 1. The molecule has 21 heavy (non-hydrogen) atoms. The first-order chi connectivity index (χ1) is 9.43. The molecule has 0 radical (unpaired) electrons. The summed E-state index contributed by atoms with van der Waals surface area (Å²) in [5.74, 6) is 0.134. The lowest BCUT2D eigenvalue weighted by Gasteiger charge is -2.35. The van der Waals surface area contributed by atoms with Crippen molar-refractivity contribution in [3.63, 3.8) is 0 Å². The third-order valence-electron chi connectivity index (χ3n) is 3.70. The number of nitrogens with zero attached hydrogens (tertiary/aromatic N) is 1. The fraction of sp³-hybridized carbons (Fsp3) is 0.857. The van der Waals surface area contributed by atoms with Crippen LogP contribution >= 0.6 is 12.4 Å². The lowest BCUT2D eigenvalue weighted by molar-refractivity contribution is -0.125. The molecule has 0 aliphatic carbocycles. The highest BCUT2D eigenvalue weighted by Crippen LogP contribution is 2.12. The summed E-state index contributed by atoms with van der Waals surface area (Å²) >= 11 is 0. The van der Waals surface area contributed by atoms with Gasteiger partial charge in [-0.05, 0) is 39.3 Å². The zero-order chi connectivity index (χ0) is 15.1. The minimum atomic E-state index is -0.405. The van der Waals surface area contributed by atoms with Crippen molar-refractivity contribution in [1.29, 1.82) is 0 Å². The van der Waals surface area contributed by atoms with Crippen LogP contribution in [0.1, 0.15) is 33.6 Å². The number of hydrogen-bond acceptors (Lipinski definition) is 4. The van der Waals surface area contributed by atoms with Crippen molar-refractivity contribution in [2.24, 2.45) is 5.92 Å². The summed E-state index contributed by atoms with van der Waals surface area (Å²) in [5.41, 5.74) is 0. The van der Waals surface area contributed by atoms with Crippen LogP contribution in [0.5, 0.6) is 0 Å². The highest BCUT2D eigenvalue weighted by atomic mass is 35.5. The number of rotatable bonds is 5. The monoisotopic (exact) mass is 320 g/mol. The molecular weight excluding hydrogens is 292 g/mol. The smallest absolute Gasteiger partial charge is 0.321 e. The fourth-order valence-electron chi connectivity index (χ4n) is 2.32. The van der Waals surface area contributed by atoms with Crippen molar-refractivity contribution < 1.29 is 9.59 Å². The normalized spacial score (nSPS) is 20.5. The van der Waals surface area contributed by atoms with Crippen LogP contribution in [0.25, 0.3) is 0 Å². The van der Waals surface area contributed by atoms with Gasteiger partial charge in [-0.3, -0.25) is 15.0 Å². The van der Waals surface area contributed by atoms with Gasteiger partial charge in [0.15, 0.2) is 0 Å². The number of piperidine rings is 1. The van der Waals surface area contributed by atoms with E-state index in [1.54, 1.807) is 0 Å². The summed E-state index contributed by atoms with van der Waals surface area (Å²) in [6, 6.07) is -0.262. The van der Waals surface area contributed by atoms with Crippen LogP contribution < -0.4 is 16.0 Å². The summed E-state index contributed by atoms with van der Waals surface area (Å²) in [6.07, 6.45) is 2.21. The van der Waals surface area contributed by atoms with Crippen LogP contribution in [0.3, 0.4) is 0 Å². The summed E-state index contributed by atoms with van der Waals surface area (Å²) < 4.78 is 0. The van der Waals surface area contributed by atoms with E-state index in [9.17, 15) is 9.59 Å². The Labute approximate surface area is 133 Å². The Morgan fingerprint density at radius 2 is 1.95 bits per heavy atom. The molecule has 3 N–H and O–H groups in total. The number of carbonyl (C=O) groups excluding carboxylic acids is 2. The zero-order valence-electron chi connectivity index (χ0n) is 13.4. The molecule has 1 heterocycles. The fourth-order valence-corrected chi connectivity index (χ4v) is 2.32. The summed E-state index contributed by atoms with van der Waals surface area (Å²) in [6.45, 7) is 8.19. The quantitative estimate of drug-likeness (QED) is 0.705. The minimum Gasteiger partial charge on any atom is -0.338 e. The van der Waals surface area contributed by atoms with Crippen LogP contribution in [0.4, 0.5) is 4.79 Å². The van der Waals surface area contributed by atoms with Gasteiger partial charge in [-0.2, -0.15) is 0 Å². The molecule has 0 bridgehead atoms. The Morgan fingerprint density at radius 1 is 1.29 bits per heavy atom. The average Bonchev–Trinajstić information content (AvgIpc) is 2.44. The Kier molecular flexibility index (Phi) is 9.57. The van der Waals surface area contributed by atoms with Crippen LogP contribution in [0.2, 0.25) is 0 Å². The van der Waals surface area contributed by atoms with E-state index >= 15 is 0 Å². The summed E-state index contributed by atoms with van der Waals surface area (Å²) in [5, 5.41) is 8.35. The molecule has 1 saturated heterocycles. The van der Waals surface area contributed by atoms with Gasteiger partial charge in [-0.1, -0.05) is 13.8 Å². The van der Waals surface area contributed by atoms with Gasteiger partial charge in [0.1, 0.15) is 0 Å². The topological polar surface area (TPSA) is 73.5 Å². The average molecular weight is 321 g/mol. The minimum absolute atomic E-state index is 0. The lowest BCUT2D eigenvalue weighted by Crippen LogP contribution is -2.54. The van der Waals surface area contributed by atoms with Gasteiger partial charge >= 0.3 is 6.03 Å². The second-order valence-electron chi connectivity index (χ2n) is 5.89. The van der Waals surface area contributed by atoms with Crippen molar-refractivity contribution in [2.75, 3.05) is 26.7 Å². The Bertz CT molecular complexity index is 339. The van der Waals surface area contributed by atoms with E-state index in [1.165, 1.54) is 0 Å². The molecule has 7 heteroatoms. The van der Waals surface area contributed by atoms with Gasteiger partial charge in [0.05, 0.1) is 6.04 Å². The van der Waals surface area contributed by atoms with Crippen LogP contribution in [-0.2, 0) is 4.79 Å². The molecule has 124 valence electrons. The van der Waals surface area contributed by atoms with E-state index in [0.717, 1.165) is 25.9 Å². The molecule has 0 spiro atoms. The second kappa shape index (κ2) is 9.97. The number of hydrogen-bond donors (Lipinski definition) is 3. The molecule has 2 unspecified atom stereocenters. The molecule has 6 nitrogen and oxygen atoms in total. The van der Waals surface area contributed by atoms with E-state index in [-0.39, 0.29) is 24.4 Å². The first-order valence-corrected chi connectivity index (χ1v) is 7.44. The lowest BCUT2D eigenvalue weighted by atomic mass is 10.0. The first-order valence-electron chi connectivity index (χ1n) is 7.44. The Balaban J connectivity index is 0.00000400. The molecular formula is C14H29ClN4O2. The number of likely N-dealkylation sites (tertiary alicyclic amines) is 1. The summed E-state index contributed by atoms with van der Waals surface area (Å²) in [7, 11) is 1.94. The predicted octanol–water partition coefficient (Wildman–Crippen LogP) is 0.962. The molecule has 0 aromatic rings. The van der Waals surface area contributed by atoms with E-state index < -0.39 is 6.03 Å². The van der Waals surface area contributed by atoms with E-state index in [2.05, 4.69) is 20.9 Å². The Morgan fingerprint density at radius 3 is 2.52 bits per heavy atom. The van der Waals surface area contributed by atoms with Crippen LogP contribution in [-0.4, -0.2) is 55.6 Å². The van der Waals surface area contributed by atoms with Crippen molar-refractivity contribution in [1.82, 2.24) is 20.9 Å². The zero-order valence-corrected chi connectivity index (χ0v) is 14.3.